The molecule has 0 bridgehead atoms. The van der Waals surface area contributed by atoms with Gasteiger partial charge in [-0.15, -0.1) is 0 Å². The van der Waals surface area contributed by atoms with Crippen LogP contribution < -0.4 is 10.1 Å². The van der Waals surface area contributed by atoms with Crippen LogP contribution >= 0.6 is 22.9 Å². The van der Waals surface area contributed by atoms with Crippen LogP contribution in [0.5, 0.6) is 5.75 Å². The third kappa shape index (κ3) is 4.89. The van der Waals surface area contributed by atoms with Gasteiger partial charge in [-0.05, 0) is 49.2 Å². The van der Waals surface area contributed by atoms with Crippen LogP contribution in [0.4, 0.5) is 5.13 Å². The molecule has 1 aliphatic heterocycles. The molecule has 4 rings (SSSR count). The second-order valence-electron chi connectivity index (χ2n) is 7.44. The van der Waals surface area contributed by atoms with Gasteiger partial charge in [0.05, 0.1) is 12.2 Å². The van der Waals surface area contributed by atoms with Crippen molar-refractivity contribution < 1.29 is 14.3 Å². The third-order valence-corrected chi connectivity index (χ3v) is 6.66. The van der Waals surface area contributed by atoms with Crippen molar-refractivity contribution >= 4 is 39.9 Å². The van der Waals surface area contributed by atoms with E-state index in [1.807, 2.05) is 61.2 Å². The van der Waals surface area contributed by atoms with E-state index in [-0.39, 0.29) is 18.4 Å². The van der Waals surface area contributed by atoms with Gasteiger partial charge in [0.15, 0.2) is 11.7 Å². The van der Waals surface area contributed by atoms with E-state index in [0.29, 0.717) is 41.0 Å². The summed E-state index contributed by atoms with van der Waals surface area (Å²) in [7, 11) is 0. The summed E-state index contributed by atoms with van der Waals surface area (Å²) >= 11 is 7.57. The zero-order valence-electron chi connectivity index (χ0n) is 17.3. The predicted molar refractivity (Wildman–Crippen MR) is 122 cm³/mol. The molecule has 0 unspecified atom stereocenters. The molecular weight excluding hydrogens is 434 g/mol. The maximum Gasteiger partial charge on any atom is 0.264 e. The smallest absolute Gasteiger partial charge is 0.264 e. The fraction of sp³-hybridized carbons (Fsp3) is 0.261. The first-order chi connectivity index (χ1) is 14.9. The quantitative estimate of drug-likeness (QED) is 0.608. The highest BCUT2D eigenvalue weighted by Crippen LogP contribution is 2.29. The Labute approximate surface area is 189 Å². The number of nitrogens with zero attached hydrogens (tertiary/aromatic N) is 2. The Kier molecular flexibility index (Phi) is 6.25. The minimum atomic E-state index is -0.284. The van der Waals surface area contributed by atoms with Gasteiger partial charge >= 0.3 is 0 Å². The molecule has 0 saturated carbocycles. The van der Waals surface area contributed by atoms with Crippen LogP contribution in [0.25, 0.3) is 0 Å². The summed E-state index contributed by atoms with van der Waals surface area (Å²) in [6, 6.07) is 12.9. The Bertz CT molecular complexity index is 1110. The Morgan fingerprint density at radius 3 is 2.61 bits per heavy atom. The zero-order chi connectivity index (χ0) is 22.0. The maximum atomic E-state index is 12.7. The van der Waals surface area contributed by atoms with Crippen LogP contribution in [0.2, 0.25) is 5.02 Å². The number of halogens is 1. The number of carbonyl (C=O) groups excluding carboxylic acids is 2. The standard InChI is InChI=1S/C23H22ClN3O3S/c1-14-10-17(11-15(2)21(14)24)30-13-20(28)26-23-25-18-8-9-27(12-19(18)31-23)22(29)16-6-4-3-5-7-16/h3-7,10-11H,8-9,12-13H2,1-2H3,(H,25,26,28). The highest BCUT2D eigenvalue weighted by molar-refractivity contribution is 7.15. The summed E-state index contributed by atoms with van der Waals surface area (Å²) in [6.07, 6.45) is 0.667. The zero-order valence-corrected chi connectivity index (χ0v) is 18.8. The summed E-state index contributed by atoms with van der Waals surface area (Å²) in [5.41, 5.74) is 3.41. The molecule has 1 aliphatic rings. The van der Waals surface area contributed by atoms with Crippen molar-refractivity contribution in [1.29, 1.82) is 0 Å². The number of carbonyl (C=O) groups is 2. The number of nitrogens with one attached hydrogen (secondary N) is 1. The molecule has 8 heteroatoms. The molecule has 0 radical (unpaired) electrons. The number of rotatable bonds is 5. The number of aromatic nitrogens is 1. The lowest BCUT2D eigenvalue weighted by Crippen LogP contribution is -2.35. The summed E-state index contributed by atoms with van der Waals surface area (Å²) in [4.78, 5) is 32.4. The molecule has 3 aromatic rings. The van der Waals surface area contributed by atoms with Gasteiger partial charge in [-0.1, -0.05) is 41.1 Å². The summed E-state index contributed by atoms with van der Waals surface area (Å²) in [5.74, 6) is 0.323. The first-order valence-corrected chi connectivity index (χ1v) is 11.1. The number of aryl methyl sites for hydroxylation is 2. The Balaban J connectivity index is 1.36. The van der Waals surface area contributed by atoms with Crippen LogP contribution in [-0.2, 0) is 17.8 Å². The number of benzene rings is 2. The van der Waals surface area contributed by atoms with Gasteiger partial charge in [0.1, 0.15) is 5.75 Å². The lowest BCUT2D eigenvalue weighted by Gasteiger charge is -2.26. The SMILES string of the molecule is Cc1cc(OCC(=O)Nc2nc3c(s2)CN(C(=O)c2ccccc2)CC3)cc(C)c1Cl. The maximum absolute atomic E-state index is 12.7. The van der Waals surface area contributed by atoms with E-state index < -0.39 is 0 Å². The monoisotopic (exact) mass is 455 g/mol. The van der Waals surface area contributed by atoms with Crippen LogP contribution in [-0.4, -0.2) is 34.8 Å². The average Bonchev–Trinajstić information content (AvgIpc) is 3.17. The summed E-state index contributed by atoms with van der Waals surface area (Å²) in [6.45, 7) is 4.78. The molecule has 2 amide bonds. The fourth-order valence-electron chi connectivity index (χ4n) is 3.48. The number of amides is 2. The van der Waals surface area contributed by atoms with Crippen molar-refractivity contribution in [3.05, 3.63) is 74.7 Å². The van der Waals surface area contributed by atoms with Gasteiger partial charge in [0.25, 0.3) is 11.8 Å². The molecule has 0 atom stereocenters. The predicted octanol–water partition coefficient (Wildman–Crippen LogP) is 4.63. The van der Waals surface area contributed by atoms with Crippen molar-refractivity contribution in [2.45, 2.75) is 26.8 Å². The summed E-state index contributed by atoms with van der Waals surface area (Å²) in [5, 5.41) is 4.02. The molecule has 6 nitrogen and oxygen atoms in total. The average molecular weight is 456 g/mol. The van der Waals surface area contributed by atoms with Crippen molar-refractivity contribution in [2.24, 2.45) is 0 Å². The Morgan fingerprint density at radius 2 is 1.90 bits per heavy atom. The van der Waals surface area contributed by atoms with Crippen LogP contribution in [0, 0.1) is 13.8 Å². The molecule has 1 N–H and O–H groups in total. The van der Waals surface area contributed by atoms with Crippen LogP contribution in [0.1, 0.15) is 32.1 Å². The topological polar surface area (TPSA) is 71.5 Å². The second kappa shape index (κ2) is 9.08. The van der Waals surface area contributed by atoms with E-state index in [2.05, 4.69) is 10.3 Å². The Hall–Kier alpha value is -2.90. The highest BCUT2D eigenvalue weighted by atomic mass is 35.5. The molecule has 2 heterocycles. The van der Waals surface area contributed by atoms with E-state index >= 15 is 0 Å². The molecular formula is C23H22ClN3O3S. The van der Waals surface area contributed by atoms with Gasteiger partial charge in [-0.25, -0.2) is 4.98 Å². The molecule has 2 aromatic carbocycles. The first kappa shape index (κ1) is 21.3. The largest absolute Gasteiger partial charge is 0.484 e. The summed E-state index contributed by atoms with van der Waals surface area (Å²) < 4.78 is 5.61. The lowest BCUT2D eigenvalue weighted by molar-refractivity contribution is -0.118. The lowest BCUT2D eigenvalue weighted by atomic mass is 10.1. The minimum absolute atomic E-state index is 0.00665. The second-order valence-corrected chi connectivity index (χ2v) is 8.90. The van der Waals surface area contributed by atoms with Crippen molar-refractivity contribution in [3.63, 3.8) is 0 Å². The van der Waals surface area contributed by atoms with Crippen molar-refractivity contribution in [3.8, 4) is 5.75 Å². The molecule has 0 spiro atoms. The fourth-order valence-corrected chi connectivity index (χ4v) is 4.63. The molecule has 31 heavy (non-hydrogen) atoms. The third-order valence-electron chi connectivity index (χ3n) is 5.07. The van der Waals surface area contributed by atoms with E-state index in [1.54, 1.807) is 0 Å². The normalized spacial score (nSPS) is 12.9. The van der Waals surface area contributed by atoms with Gasteiger partial charge in [-0.3, -0.25) is 14.9 Å². The van der Waals surface area contributed by atoms with Gasteiger partial charge in [0.2, 0.25) is 0 Å². The number of fused-ring (bicyclic) bond motifs is 1. The molecule has 0 aliphatic carbocycles. The number of thiazole rings is 1. The number of ether oxygens (including phenoxy) is 1. The van der Waals surface area contributed by atoms with Gasteiger partial charge in [0, 0.05) is 28.4 Å². The van der Waals surface area contributed by atoms with Crippen molar-refractivity contribution in [1.82, 2.24) is 9.88 Å². The number of hydrogen-bond acceptors (Lipinski definition) is 5. The minimum Gasteiger partial charge on any atom is -0.484 e. The van der Waals surface area contributed by atoms with Crippen LogP contribution in [0.3, 0.4) is 0 Å². The van der Waals surface area contributed by atoms with E-state index in [4.69, 9.17) is 16.3 Å². The van der Waals surface area contributed by atoms with E-state index in [0.717, 1.165) is 21.7 Å². The number of hydrogen-bond donors (Lipinski definition) is 1. The molecule has 0 fully saturated rings. The van der Waals surface area contributed by atoms with Gasteiger partial charge < -0.3 is 9.64 Å². The van der Waals surface area contributed by atoms with Gasteiger partial charge in [-0.2, -0.15) is 0 Å². The van der Waals surface area contributed by atoms with Crippen molar-refractivity contribution in [2.75, 3.05) is 18.5 Å². The molecule has 1 aromatic heterocycles. The van der Waals surface area contributed by atoms with E-state index in [9.17, 15) is 9.59 Å². The highest BCUT2D eigenvalue weighted by Gasteiger charge is 2.25. The molecule has 160 valence electrons. The van der Waals surface area contributed by atoms with Crippen LogP contribution in [0.15, 0.2) is 42.5 Å². The Morgan fingerprint density at radius 1 is 1.19 bits per heavy atom. The number of anilines is 1. The molecule has 0 saturated heterocycles. The first-order valence-electron chi connectivity index (χ1n) is 9.93. The van der Waals surface area contributed by atoms with E-state index in [1.165, 1.54) is 11.3 Å².